The van der Waals surface area contributed by atoms with E-state index in [0.717, 1.165) is 9.80 Å². The number of barbiturate groups is 1. The molecular weight excluding hydrogens is 430 g/mol. The van der Waals surface area contributed by atoms with Gasteiger partial charge >= 0.3 is 6.03 Å². The maximum atomic E-state index is 12.5. The number of carbonyl (C=O) groups excluding carboxylic acids is 3. The second-order valence-corrected chi connectivity index (χ2v) is 7.61. The largest absolute Gasteiger partial charge is 0.331 e. The third kappa shape index (κ3) is 4.58. The van der Waals surface area contributed by atoms with Crippen LogP contribution in [-0.4, -0.2) is 34.2 Å². The van der Waals surface area contributed by atoms with Gasteiger partial charge in [0.05, 0.1) is 9.82 Å². The molecule has 3 rings (SSSR count). The van der Waals surface area contributed by atoms with E-state index < -0.39 is 22.8 Å². The molecule has 30 heavy (non-hydrogen) atoms. The number of nitro benzene ring substituents is 1. The Balaban J connectivity index is 1.95. The zero-order valence-corrected chi connectivity index (χ0v) is 16.9. The van der Waals surface area contributed by atoms with E-state index in [4.69, 9.17) is 11.6 Å². The van der Waals surface area contributed by atoms with Gasteiger partial charge in [0.1, 0.15) is 5.57 Å². The third-order valence-corrected chi connectivity index (χ3v) is 5.35. The van der Waals surface area contributed by atoms with Crippen LogP contribution in [0.4, 0.5) is 10.5 Å². The van der Waals surface area contributed by atoms with E-state index in [-0.39, 0.29) is 23.4 Å². The van der Waals surface area contributed by atoms with Gasteiger partial charge in [-0.25, -0.2) is 4.79 Å². The van der Waals surface area contributed by atoms with E-state index in [1.165, 1.54) is 36.0 Å². The summed E-state index contributed by atoms with van der Waals surface area (Å²) < 4.78 is 0. The van der Waals surface area contributed by atoms with Crippen LogP contribution in [0.5, 0.6) is 0 Å². The van der Waals surface area contributed by atoms with Gasteiger partial charge in [0.25, 0.3) is 17.5 Å². The van der Waals surface area contributed by atoms with Crippen LogP contribution in [0.3, 0.4) is 0 Å². The number of hydrogen-bond donors (Lipinski definition) is 1. The van der Waals surface area contributed by atoms with E-state index in [2.05, 4.69) is 11.9 Å². The second-order valence-electron chi connectivity index (χ2n) is 6.06. The quantitative estimate of drug-likeness (QED) is 0.237. The molecule has 0 aromatic heterocycles. The van der Waals surface area contributed by atoms with Crippen molar-refractivity contribution in [1.82, 2.24) is 10.2 Å². The Kier molecular flexibility index (Phi) is 6.34. The highest BCUT2D eigenvalue weighted by molar-refractivity contribution is 7.99. The number of imide groups is 2. The molecule has 4 amide bonds. The fourth-order valence-electron chi connectivity index (χ4n) is 2.64. The molecule has 1 aliphatic heterocycles. The fourth-order valence-corrected chi connectivity index (χ4v) is 3.66. The maximum Gasteiger partial charge on any atom is 0.331 e. The van der Waals surface area contributed by atoms with Crippen molar-refractivity contribution >= 4 is 53.0 Å². The van der Waals surface area contributed by atoms with E-state index >= 15 is 0 Å². The fraction of sp³-hybridized carbons (Fsp3) is 0.0500. The lowest BCUT2D eigenvalue weighted by Crippen LogP contribution is -2.54. The predicted molar refractivity (Wildman–Crippen MR) is 112 cm³/mol. The molecule has 0 radical (unpaired) electrons. The van der Waals surface area contributed by atoms with Gasteiger partial charge in [-0.15, -0.1) is 6.58 Å². The molecule has 1 heterocycles. The molecule has 2 aromatic rings. The van der Waals surface area contributed by atoms with Crippen molar-refractivity contribution in [3.63, 3.8) is 0 Å². The van der Waals surface area contributed by atoms with Crippen LogP contribution in [0.2, 0.25) is 5.02 Å². The van der Waals surface area contributed by atoms with E-state index in [1.54, 1.807) is 30.3 Å². The van der Waals surface area contributed by atoms with Crippen LogP contribution in [0, 0.1) is 10.1 Å². The molecule has 0 saturated carbocycles. The number of rotatable bonds is 6. The summed E-state index contributed by atoms with van der Waals surface area (Å²) in [5, 5.41) is 14.2. The summed E-state index contributed by atoms with van der Waals surface area (Å²) in [5.41, 5.74) is -0.218. The topological polar surface area (TPSA) is 110 Å². The number of carbonyl (C=O) groups is 3. The van der Waals surface area contributed by atoms with Crippen LogP contribution >= 0.6 is 23.4 Å². The van der Waals surface area contributed by atoms with Gasteiger partial charge < -0.3 is 0 Å². The number of benzene rings is 2. The van der Waals surface area contributed by atoms with Gasteiger partial charge in [-0.3, -0.25) is 29.9 Å². The average molecular weight is 444 g/mol. The number of nitro groups is 1. The molecule has 1 N–H and O–H groups in total. The zero-order valence-electron chi connectivity index (χ0n) is 15.3. The number of nitrogens with one attached hydrogen (secondary N) is 1. The number of amides is 4. The monoisotopic (exact) mass is 443 g/mol. The predicted octanol–water partition coefficient (Wildman–Crippen LogP) is 4.05. The lowest BCUT2D eigenvalue weighted by Gasteiger charge is -2.25. The highest BCUT2D eigenvalue weighted by Gasteiger charge is 2.35. The Morgan fingerprint density at radius 2 is 1.87 bits per heavy atom. The van der Waals surface area contributed by atoms with Crippen molar-refractivity contribution in [3.05, 3.63) is 81.4 Å². The first kappa shape index (κ1) is 21.3. The standard InChI is InChI=1S/C20H14ClN3O5S/c1-2-9-23-19(26)15(18(25)22-20(23)27)10-12-3-8-17(16(11-12)24(28)29)30-14-6-4-13(21)5-7-14/h2-8,10-11H,1,9H2,(H,22,25,27)/b15-10+. The lowest BCUT2D eigenvalue weighted by atomic mass is 10.1. The van der Waals surface area contributed by atoms with Gasteiger partial charge in [0, 0.05) is 22.5 Å². The molecule has 8 nitrogen and oxygen atoms in total. The Morgan fingerprint density at radius 3 is 2.50 bits per heavy atom. The highest BCUT2D eigenvalue weighted by atomic mass is 35.5. The maximum absolute atomic E-state index is 12.5. The Labute approximate surface area is 180 Å². The smallest absolute Gasteiger partial charge is 0.273 e. The van der Waals surface area contributed by atoms with Crippen LogP contribution < -0.4 is 5.32 Å². The molecular formula is C20H14ClN3O5S. The Hall–Kier alpha value is -3.43. The van der Waals surface area contributed by atoms with Crippen LogP contribution in [0.1, 0.15) is 5.56 Å². The molecule has 0 unspecified atom stereocenters. The van der Waals surface area contributed by atoms with Crippen molar-refractivity contribution < 1.29 is 19.3 Å². The lowest BCUT2D eigenvalue weighted by molar-refractivity contribution is -0.387. The minimum absolute atomic E-state index is 0.0773. The van der Waals surface area contributed by atoms with Crippen LogP contribution in [-0.2, 0) is 9.59 Å². The summed E-state index contributed by atoms with van der Waals surface area (Å²) in [6.07, 6.45) is 2.56. The molecule has 1 saturated heterocycles. The number of nitrogens with zero attached hydrogens (tertiary/aromatic N) is 2. The van der Waals surface area contributed by atoms with Crippen molar-refractivity contribution in [1.29, 1.82) is 0 Å². The summed E-state index contributed by atoms with van der Waals surface area (Å²) in [4.78, 5) is 49.3. The summed E-state index contributed by atoms with van der Waals surface area (Å²) in [6.45, 7) is 3.39. The first-order valence-electron chi connectivity index (χ1n) is 8.52. The van der Waals surface area contributed by atoms with Crippen molar-refractivity contribution in [2.24, 2.45) is 0 Å². The number of hydrogen-bond acceptors (Lipinski definition) is 6. The minimum atomic E-state index is -0.868. The molecule has 0 spiro atoms. The molecule has 2 aromatic carbocycles. The van der Waals surface area contributed by atoms with Gasteiger partial charge in [-0.2, -0.15) is 0 Å². The van der Waals surface area contributed by atoms with Crippen LogP contribution in [0.15, 0.2) is 70.5 Å². The molecule has 152 valence electrons. The van der Waals surface area contributed by atoms with Crippen molar-refractivity contribution in [2.75, 3.05) is 6.54 Å². The van der Waals surface area contributed by atoms with E-state index in [1.807, 2.05) is 0 Å². The molecule has 0 atom stereocenters. The first-order valence-corrected chi connectivity index (χ1v) is 9.71. The van der Waals surface area contributed by atoms with E-state index in [0.29, 0.717) is 9.92 Å². The van der Waals surface area contributed by atoms with Crippen molar-refractivity contribution in [3.8, 4) is 0 Å². The number of halogens is 1. The molecule has 0 bridgehead atoms. The van der Waals surface area contributed by atoms with Gasteiger partial charge in [0.2, 0.25) is 0 Å². The highest BCUT2D eigenvalue weighted by Crippen LogP contribution is 2.36. The molecule has 0 aliphatic carbocycles. The summed E-state index contributed by atoms with van der Waals surface area (Å²) >= 11 is 7.04. The summed E-state index contributed by atoms with van der Waals surface area (Å²) in [5.74, 6) is -1.67. The third-order valence-electron chi connectivity index (χ3n) is 4.03. The van der Waals surface area contributed by atoms with Crippen molar-refractivity contribution in [2.45, 2.75) is 9.79 Å². The molecule has 1 aliphatic rings. The van der Waals surface area contributed by atoms with Gasteiger partial charge in [-0.1, -0.05) is 35.5 Å². The Morgan fingerprint density at radius 1 is 1.17 bits per heavy atom. The minimum Gasteiger partial charge on any atom is -0.273 e. The number of urea groups is 1. The normalized spacial score (nSPS) is 15.3. The summed E-state index contributed by atoms with van der Waals surface area (Å²) in [6, 6.07) is 10.3. The average Bonchev–Trinajstić information content (AvgIpc) is 2.71. The van der Waals surface area contributed by atoms with Gasteiger partial charge in [0.15, 0.2) is 0 Å². The SMILES string of the molecule is C=CCN1C(=O)NC(=O)/C(=C\c2ccc(Sc3ccc(Cl)cc3)c([N+](=O)[O-])c2)C1=O. The first-order chi connectivity index (χ1) is 14.3. The molecule has 10 heteroatoms. The molecule has 1 fully saturated rings. The van der Waals surface area contributed by atoms with Gasteiger partial charge in [-0.05, 0) is 42.0 Å². The Bertz CT molecular complexity index is 1100. The van der Waals surface area contributed by atoms with Crippen LogP contribution in [0.25, 0.3) is 6.08 Å². The second kappa shape index (κ2) is 8.93. The van der Waals surface area contributed by atoms with E-state index in [9.17, 15) is 24.5 Å². The summed E-state index contributed by atoms with van der Waals surface area (Å²) in [7, 11) is 0. The zero-order chi connectivity index (χ0) is 21.8.